The molecular formula is C14H23NO2. The fourth-order valence-corrected chi connectivity index (χ4v) is 1.51. The van der Waals surface area contributed by atoms with Crippen LogP contribution in [-0.2, 0) is 11.3 Å². The zero-order valence-corrected chi connectivity index (χ0v) is 11.2. The minimum atomic E-state index is -0.0542. The Morgan fingerprint density at radius 3 is 2.65 bits per heavy atom. The van der Waals surface area contributed by atoms with Crippen molar-refractivity contribution in [3.8, 4) is 5.75 Å². The van der Waals surface area contributed by atoms with Gasteiger partial charge in [0.2, 0.25) is 0 Å². The van der Waals surface area contributed by atoms with Gasteiger partial charge in [-0.3, -0.25) is 0 Å². The molecule has 1 aromatic carbocycles. The van der Waals surface area contributed by atoms with Crippen LogP contribution < -0.4 is 10.1 Å². The van der Waals surface area contributed by atoms with Gasteiger partial charge in [0.25, 0.3) is 0 Å². The van der Waals surface area contributed by atoms with Crippen molar-refractivity contribution >= 4 is 0 Å². The third-order valence-corrected chi connectivity index (χ3v) is 2.92. The predicted octanol–water partition coefficient (Wildman–Crippen LogP) is 2.60. The first-order valence-corrected chi connectivity index (χ1v) is 5.96. The molecule has 0 saturated carbocycles. The summed E-state index contributed by atoms with van der Waals surface area (Å²) in [5.41, 5.74) is 1.18. The van der Waals surface area contributed by atoms with Crippen molar-refractivity contribution in [3.05, 3.63) is 29.8 Å². The number of rotatable bonds is 7. The van der Waals surface area contributed by atoms with Crippen LogP contribution in [0.3, 0.4) is 0 Å². The summed E-state index contributed by atoms with van der Waals surface area (Å²) in [6.07, 6.45) is 0.994. The van der Waals surface area contributed by atoms with Gasteiger partial charge in [-0.1, -0.05) is 12.1 Å². The van der Waals surface area contributed by atoms with Gasteiger partial charge in [0.1, 0.15) is 5.75 Å². The lowest BCUT2D eigenvalue weighted by Crippen LogP contribution is -2.28. The van der Waals surface area contributed by atoms with Gasteiger partial charge in [0.05, 0.1) is 12.7 Å². The fraction of sp³-hybridized carbons (Fsp3) is 0.571. The molecule has 0 atom stereocenters. The number of nitrogens with one attached hydrogen (secondary N) is 1. The van der Waals surface area contributed by atoms with E-state index in [1.54, 1.807) is 14.2 Å². The summed E-state index contributed by atoms with van der Waals surface area (Å²) in [6.45, 7) is 6.00. The summed E-state index contributed by atoms with van der Waals surface area (Å²) in [7, 11) is 3.44. The summed E-state index contributed by atoms with van der Waals surface area (Å²) >= 11 is 0. The van der Waals surface area contributed by atoms with Crippen LogP contribution in [0, 0.1) is 0 Å². The maximum Gasteiger partial charge on any atom is 0.119 e. The lowest BCUT2D eigenvalue weighted by molar-refractivity contribution is 0.0158. The van der Waals surface area contributed by atoms with Gasteiger partial charge in [-0.05, 0) is 44.5 Å². The first-order valence-electron chi connectivity index (χ1n) is 5.96. The Balaban J connectivity index is 2.31. The van der Waals surface area contributed by atoms with Crippen LogP contribution in [-0.4, -0.2) is 26.4 Å². The molecule has 0 fully saturated rings. The standard InChI is InChI=1S/C14H23NO2/c1-14(2,17-4)8-9-15-11-12-6-5-7-13(10-12)16-3/h5-7,10,15H,8-9,11H2,1-4H3. The smallest absolute Gasteiger partial charge is 0.119 e. The Morgan fingerprint density at radius 2 is 2.00 bits per heavy atom. The van der Waals surface area contributed by atoms with Crippen LogP contribution in [0.15, 0.2) is 24.3 Å². The van der Waals surface area contributed by atoms with Gasteiger partial charge in [-0.15, -0.1) is 0 Å². The second-order valence-corrected chi connectivity index (χ2v) is 4.74. The monoisotopic (exact) mass is 237 g/mol. The molecule has 0 radical (unpaired) electrons. The normalized spacial score (nSPS) is 11.5. The zero-order valence-electron chi connectivity index (χ0n) is 11.2. The van der Waals surface area contributed by atoms with E-state index in [0.29, 0.717) is 0 Å². The maximum atomic E-state index is 5.37. The molecule has 0 aromatic heterocycles. The molecule has 0 aliphatic rings. The van der Waals surface area contributed by atoms with Crippen molar-refractivity contribution in [3.63, 3.8) is 0 Å². The SMILES string of the molecule is COc1cccc(CNCCC(C)(C)OC)c1. The predicted molar refractivity (Wildman–Crippen MR) is 70.4 cm³/mol. The molecule has 1 aromatic rings. The highest BCUT2D eigenvalue weighted by molar-refractivity contribution is 5.28. The van der Waals surface area contributed by atoms with Gasteiger partial charge >= 0.3 is 0 Å². The van der Waals surface area contributed by atoms with Crippen LogP contribution >= 0.6 is 0 Å². The first-order chi connectivity index (χ1) is 8.07. The van der Waals surface area contributed by atoms with E-state index >= 15 is 0 Å². The fourth-order valence-electron chi connectivity index (χ4n) is 1.51. The first kappa shape index (κ1) is 14.0. The molecule has 0 aliphatic heterocycles. The molecule has 3 heteroatoms. The second kappa shape index (κ2) is 6.62. The Labute approximate surface area is 104 Å². The molecule has 17 heavy (non-hydrogen) atoms. The van der Waals surface area contributed by atoms with Crippen molar-refractivity contribution in [1.82, 2.24) is 5.32 Å². The van der Waals surface area contributed by atoms with Gasteiger partial charge in [0.15, 0.2) is 0 Å². The molecule has 96 valence electrons. The van der Waals surface area contributed by atoms with E-state index in [1.165, 1.54) is 5.56 Å². The molecule has 0 bridgehead atoms. The van der Waals surface area contributed by atoms with Gasteiger partial charge in [-0.25, -0.2) is 0 Å². The summed E-state index contributed by atoms with van der Waals surface area (Å²) in [5, 5.41) is 3.41. The summed E-state index contributed by atoms with van der Waals surface area (Å²) in [4.78, 5) is 0. The molecular weight excluding hydrogens is 214 g/mol. The summed E-state index contributed by atoms with van der Waals surface area (Å²) < 4.78 is 10.6. The Morgan fingerprint density at radius 1 is 1.24 bits per heavy atom. The van der Waals surface area contributed by atoms with Crippen LogP contribution in [0.5, 0.6) is 5.75 Å². The second-order valence-electron chi connectivity index (χ2n) is 4.74. The van der Waals surface area contributed by atoms with E-state index < -0.39 is 0 Å². The van der Waals surface area contributed by atoms with Crippen molar-refractivity contribution in [2.75, 3.05) is 20.8 Å². The van der Waals surface area contributed by atoms with Gasteiger partial charge in [0, 0.05) is 13.7 Å². The van der Waals surface area contributed by atoms with Crippen molar-refractivity contribution in [1.29, 1.82) is 0 Å². The molecule has 0 aliphatic carbocycles. The summed E-state index contributed by atoms with van der Waals surface area (Å²) in [6, 6.07) is 8.11. The summed E-state index contributed by atoms with van der Waals surface area (Å²) in [5.74, 6) is 0.904. The minimum absolute atomic E-state index is 0.0542. The van der Waals surface area contributed by atoms with E-state index in [4.69, 9.17) is 9.47 Å². The number of methoxy groups -OCH3 is 2. The highest BCUT2D eigenvalue weighted by Crippen LogP contribution is 2.13. The zero-order chi connectivity index (χ0) is 12.7. The van der Waals surface area contributed by atoms with E-state index in [9.17, 15) is 0 Å². The van der Waals surface area contributed by atoms with Crippen LogP contribution in [0.4, 0.5) is 0 Å². The van der Waals surface area contributed by atoms with Crippen LogP contribution in [0.2, 0.25) is 0 Å². The van der Waals surface area contributed by atoms with Gasteiger partial charge < -0.3 is 14.8 Å². The molecule has 0 heterocycles. The minimum Gasteiger partial charge on any atom is -0.497 e. The van der Waals surface area contributed by atoms with E-state index in [2.05, 4.69) is 31.3 Å². The lowest BCUT2D eigenvalue weighted by atomic mass is 10.1. The molecule has 1 rings (SSSR count). The number of ether oxygens (including phenoxy) is 2. The highest BCUT2D eigenvalue weighted by Gasteiger charge is 2.14. The van der Waals surface area contributed by atoms with E-state index in [0.717, 1.165) is 25.3 Å². The largest absolute Gasteiger partial charge is 0.497 e. The average Bonchev–Trinajstić information content (AvgIpc) is 2.35. The maximum absolute atomic E-state index is 5.37. The molecule has 1 N–H and O–H groups in total. The lowest BCUT2D eigenvalue weighted by Gasteiger charge is -2.22. The Kier molecular flexibility index (Phi) is 5.45. The van der Waals surface area contributed by atoms with Crippen LogP contribution in [0.1, 0.15) is 25.8 Å². The molecule has 0 amide bonds. The van der Waals surface area contributed by atoms with Crippen molar-refractivity contribution in [2.24, 2.45) is 0 Å². The van der Waals surface area contributed by atoms with E-state index in [-0.39, 0.29) is 5.60 Å². The topological polar surface area (TPSA) is 30.5 Å². The third-order valence-electron chi connectivity index (χ3n) is 2.92. The molecule has 0 unspecified atom stereocenters. The molecule has 0 saturated heterocycles. The third kappa shape index (κ3) is 5.20. The number of hydrogen-bond acceptors (Lipinski definition) is 3. The number of benzene rings is 1. The number of hydrogen-bond donors (Lipinski definition) is 1. The van der Waals surface area contributed by atoms with Gasteiger partial charge in [-0.2, -0.15) is 0 Å². The average molecular weight is 237 g/mol. The van der Waals surface area contributed by atoms with E-state index in [1.807, 2.05) is 12.1 Å². The Bertz CT molecular complexity index is 337. The Hall–Kier alpha value is -1.06. The van der Waals surface area contributed by atoms with Crippen LogP contribution in [0.25, 0.3) is 0 Å². The highest BCUT2D eigenvalue weighted by atomic mass is 16.5. The molecule has 0 spiro atoms. The van der Waals surface area contributed by atoms with Crippen molar-refractivity contribution < 1.29 is 9.47 Å². The quantitative estimate of drug-likeness (QED) is 0.739. The van der Waals surface area contributed by atoms with Crippen molar-refractivity contribution in [2.45, 2.75) is 32.4 Å². The molecule has 3 nitrogen and oxygen atoms in total.